The SMILES string of the molecule is CCCNC(c1ccc(C2CCC2)cc1)C1CCC(C)O1. The van der Waals surface area contributed by atoms with Crippen LogP contribution >= 0.6 is 0 Å². The first-order valence-corrected chi connectivity index (χ1v) is 8.76. The van der Waals surface area contributed by atoms with Gasteiger partial charge in [0.1, 0.15) is 0 Å². The second-order valence-corrected chi connectivity index (χ2v) is 6.79. The molecule has 2 aliphatic rings. The predicted octanol–water partition coefficient (Wildman–Crippen LogP) is 4.56. The average molecular weight is 287 g/mol. The van der Waals surface area contributed by atoms with E-state index in [1.807, 2.05) is 0 Å². The maximum absolute atomic E-state index is 6.12. The van der Waals surface area contributed by atoms with Crippen LogP contribution in [0, 0.1) is 0 Å². The fourth-order valence-electron chi connectivity index (χ4n) is 3.56. The monoisotopic (exact) mass is 287 g/mol. The molecule has 1 N–H and O–H groups in total. The summed E-state index contributed by atoms with van der Waals surface area (Å²) < 4.78 is 6.12. The third-order valence-corrected chi connectivity index (χ3v) is 5.12. The highest BCUT2D eigenvalue weighted by atomic mass is 16.5. The number of benzene rings is 1. The molecular weight excluding hydrogens is 258 g/mol. The summed E-state index contributed by atoms with van der Waals surface area (Å²) in [7, 11) is 0. The van der Waals surface area contributed by atoms with Crippen molar-refractivity contribution in [2.75, 3.05) is 6.54 Å². The van der Waals surface area contributed by atoms with Gasteiger partial charge in [-0.1, -0.05) is 37.6 Å². The van der Waals surface area contributed by atoms with Crippen LogP contribution in [-0.4, -0.2) is 18.8 Å². The number of hydrogen-bond acceptors (Lipinski definition) is 2. The third-order valence-electron chi connectivity index (χ3n) is 5.12. The molecule has 1 aromatic carbocycles. The Balaban J connectivity index is 1.71. The van der Waals surface area contributed by atoms with Gasteiger partial charge in [-0.3, -0.25) is 0 Å². The van der Waals surface area contributed by atoms with Crippen LogP contribution in [0.1, 0.15) is 75.5 Å². The van der Waals surface area contributed by atoms with Crippen molar-refractivity contribution in [2.24, 2.45) is 0 Å². The number of ether oxygens (including phenoxy) is 1. The van der Waals surface area contributed by atoms with Gasteiger partial charge in [-0.25, -0.2) is 0 Å². The Kier molecular flexibility index (Phi) is 4.97. The van der Waals surface area contributed by atoms with E-state index in [1.165, 1.54) is 49.7 Å². The lowest BCUT2D eigenvalue weighted by Gasteiger charge is -2.28. The molecule has 116 valence electrons. The molecule has 1 aliphatic heterocycles. The first-order valence-electron chi connectivity index (χ1n) is 8.76. The van der Waals surface area contributed by atoms with E-state index in [1.54, 1.807) is 0 Å². The van der Waals surface area contributed by atoms with E-state index in [0.717, 1.165) is 12.5 Å². The average Bonchev–Trinajstić information content (AvgIpc) is 2.85. The van der Waals surface area contributed by atoms with Crippen molar-refractivity contribution in [1.82, 2.24) is 5.32 Å². The Morgan fingerprint density at radius 3 is 2.43 bits per heavy atom. The van der Waals surface area contributed by atoms with Gasteiger partial charge in [0.2, 0.25) is 0 Å². The summed E-state index contributed by atoms with van der Waals surface area (Å²) in [6.45, 7) is 5.47. The quantitative estimate of drug-likeness (QED) is 0.828. The van der Waals surface area contributed by atoms with Gasteiger partial charge in [0, 0.05) is 0 Å². The molecule has 0 aromatic heterocycles. The Bertz CT molecular complexity index is 437. The van der Waals surface area contributed by atoms with E-state index in [4.69, 9.17) is 4.74 Å². The number of hydrogen-bond donors (Lipinski definition) is 1. The van der Waals surface area contributed by atoms with Crippen LogP contribution in [0.15, 0.2) is 24.3 Å². The van der Waals surface area contributed by atoms with Crippen molar-refractivity contribution in [3.8, 4) is 0 Å². The number of rotatable bonds is 6. The van der Waals surface area contributed by atoms with Crippen LogP contribution in [0.5, 0.6) is 0 Å². The van der Waals surface area contributed by atoms with Crippen molar-refractivity contribution >= 4 is 0 Å². The van der Waals surface area contributed by atoms with Crippen LogP contribution in [0.25, 0.3) is 0 Å². The van der Waals surface area contributed by atoms with Gasteiger partial charge in [-0.15, -0.1) is 0 Å². The molecule has 1 heterocycles. The van der Waals surface area contributed by atoms with Crippen molar-refractivity contribution < 1.29 is 4.74 Å². The smallest absolute Gasteiger partial charge is 0.0774 e. The standard InChI is InChI=1S/C19H29NO/c1-3-13-20-19(18-12-7-14(2)21-18)17-10-8-16(9-11-17)15-5-4-6-15/h8-11,14-15,18-20H,3-7,12-13H2,1-2H3. The second kappa shape index (κ2) is 6.93. The molecule has 1 aliphatic carbocycles. The van der Waals surface area contributed by atoms with Crippen molar-refractivity contribution in [3.05, 3.63) is 35.4 Å². The lowest BCUT2D eigenvalue weighted by Crippen LogP contribution is -2.32. The van der Waals surface area contributed by atoms with Crippen LogP contribution in [0.2, 0.25) is 0 Å². The molecule has 3 unspecified atom stereocenters. The zero-order chi connectivity index (χ0) is 14.7. The van der Waals surface area contributed by atoms with Crippen molar-refractivity contribution in [1.29, 1.82) is 0 Å². The lowest BCUT2D eigenvalue weighted by molar-refractivity contribution is 0.0316. The van der Waals surface area contributed by atoms with E-state index in [0.29, 0.717) is 18.2 Å². The topological polar surface area (TPSA) is 21.3 Å². The van der Waals surface area contributed by atoms with E-state index in [9.17, 15) is 0 Å². The largest absolute Gasteiger partial charge is 0.373 e. The minimum absolute atomic E-state index is 0.334. The molecule has 0 spiro atoms. The molecular formula is C19H29NO. The summed E-state index contributed by atoms with van der Waals surface area (Å²) in [5.41, 5.74) is 2.92. The second-order valence-electron chi connectivity index (χ2n) is 6.79. The molecule has 1 saturated carbocycles. The zero-order valence-electron chi connectivity index (χ0n) is 13.5. The predicted molar refractivity (Wildman–Crippen MR) is 87.6 cm³/mol. The maximum atomic E-state index is 6.12. The molecule has 2 nitrogen and oxygen atoms in total. The van der Waals surface area contributed by atoms with Crippen molar-refractivity contribution in [3.63, 3.8) is 0 Å². The first-order chi connectivity index (χ1) is 10.3. The number of nitrogens with one attached hydrogen (secondary N) is 1. The van der Waals surface area contributed by atoms with Crippen LogP contribution in [0.3, 0.4) is 0 Å². The summed E-state index contributed by atoms with van der Waals surface area (Å²) in [5.74, 6) is 0.823. The zero-order valence-corrected chi connectivity index (χ0v) is 13.5. The Hall–Kier alpha value is -0.860. The minimum atomic E-state index is 0.334. The van der Waals surface area contributed by atoms with Gasteiger partial charge >= 0.3 is 0 Å². The third kappa shape index (κ3) is 3.49. The highest BCUT2D eigenvalue weighted by Gasteiger charge is 2.30. The van der Waals surface area contributed by atoms with E-state index < -0.39 is 0 Å². The first kappa shape index (κ1) is 15.1. The van der Waals surface area contributed by atoms with Gasteiger partial charge in [-0.05, 0) is 62.6 Å². The molecule has 21 heavy (non-hydrogen) atoms. The molecule has 1 aromatic rings. The van der Waals surface area contributed by atoms with E-state index in [-0.39, 0.29) is 0 Å². The summed E-state index contributed by atoms with van der Waals surface area (Å²) in [6.07, 6.45) is 8.43. The van der Waals surface area contributed by atoms with Gasteiger partial charge in [-0.2, -0.15) is 0 Å². The lowest BCUT2D eigenvalue weighted by atomic mass is 9.79. The summed E-state index contributed by atoms with van der Waals surface area (Å²) in [5, 5.41) is 3.70. The summed E-state index contributed by atoms with van der Waals surface area (Å²) >= 11 is 0. The van der Waals surface area contributed by atoms with Gasteiger partial charge in [0.15, 0.2) is 0 Å². The van der Waals surface area contributed by atoms with Gasteiger partial charge in [0.05, 0.1) is 18.2 Å². The molecule has 0 bridgehead atoms. The molecule has 0 radical (unpaired) electrons. The fourth-order valence-corrected chi connectivity index (χ4v) is 3.56. The summed E-state index contributed by atoms with van der Waals surface area (Å²) in [4.78, 5) is 0. The molecule has 2 fully saturated rings. The maximum Gasteiger partial charge on any atom is 0.0774 e. The van der Waals surface area contributed by atoms with Crippen molar-refractivity contribution in [2.45, 2.75) is 76.5 Å². The van der Waals surface area contributed by atoms with E-state index >= 15 is 0 Å². The molecule has 3 atom stereocenters. The highest BCUT2D eigenvalue weighted by Crippen LogP contribution is 2.37. The van der Waals surface area contributed by atoms with Crippen LogP contribution < -0.4 is 5.32 Å². The Morgan fingerprint density at radius 2 is 1.90 bits per heavy atom. The fraction of sp³-hybridized carbons (Fsp3) is 0.684. The molecule has 3 rings (SSSR count). The minimum Gasteiger partial charge on any atom is -0.373 e. The molecule has 2 heteroatoms. The van der Waals surface area contributed by atoms with E-state index in [2.05, 4.69) is 43.4 Å². The highest BCUT2D eigenvalue weighted by molar-refractivity contribution is 5.29. The van der Waals surface area contributed by atoms with Crippen LogP contribution in [0.4, 0.5) is 0 Å². The van der Waals surface area contributed by atoms with Crippen LogP contribution in [-0.2, 0) is 4.74 Å². The normalized spacial score (nSPS) is 27.5. The molecule has 1 saturated heterocycles. The molecule has 0 amide bonds. The Morgan fingerprint density at radius 1 is 1.14 bits per heavy atom. The summed E-state index contributed by atoms with van der Waals surface area (Å²) in [6, 6.07) is 9.70. The Labute approximate surface area is 129 Å². The van der Waals surface area contributed by atoms with Gasteiger partial charge in [0.25, 0.3) is 0 Å². The van der Waals surface area contributed by atoms with Gasteiger partial charge < -0.3 is 10.1 Å².